The number of carbonyl (C=O) groups excluding carboxylic acids is 5. The second-order valence-electron chi connectivity index (χ2n) is 13.2. The van der Waals surface area contributed by atoms with Crippen molar-refractivity contribution < 1.29 is 28.7 Å². The lowest BCUT2D eigenvalue weighted by Crippen LogP contribution is -2.59. The Labute approximate surface area is 253 Å². The summed E-state index contributed by atoms with van der Waals surface area (Å²) < 4.78 is 5.46. The maximum absolute atomic E-state index is 14.4. The Morgan fingerprint density at radius 3 is 2.37 bits per heavy atom. The van der Waals surface area contributed by atoms with Crippen molar-refractivity contribution >= 4 is 29.6 Å². The first-order valence-corrected chi connectivity index (χ1v) is 15.6. The van der Waals surface area contributed by atoms with E-state index in [2.05, 4.69) is 36.4 Å². The fourth-order valence-electron chi connectivity index (χ4n) is 7.07. The van der Waals surface area contributed by atoms with Gasteiger partial charge in [-0.25, -0.2) is 4.79 Å². The quantitative estimate of drug-likeness (QED) is 0.238. The number of fused-ring (bicyclic) bond motifs is 2. The first-order chi connectivity index (χ1) is 20.6. The molecule has 0 bridgehead atoms. The van der Waals surface area contributed by atoms with E-state index < -0.39 is 41.8 Å². The molecule has 232 valence electrons. The third-order valence-electron chi connectivity index (χ3n) is 9.84. The number of nitrogens with one attached hydrogen (secondary N) is 3. The van der Waals surface area contributed by atoms with Crippen molar-refractivity contribution in [3.8, 4) is 0 Å². The molecule has 1 aliphatic heterocycles. The first-order valence-electron chi connectivity index (χ1n) is 15.6. The van der Waals surface area contributed by atoms with Gasteiger partial charge in [-0.05, 0) is 72.3 Å². The van der Waals surface area contributed by atoms with Crippen LogP contribution in [-0.4, -0.2) is 72.3 Å². The lowest BCUT2D eigenvalue weighted by molar-refractivity contribution is -0.144. The van der Waals surface area contributed by atoms with Crippen LogP contribution in [0.5, 0.6) is 0 Å². The van der Waals surface area contributed by atoms with Gasteiger partial charge in [0.25, 0.3) is 5.91 Å². The van der Waals surface area contributed by atoms with Crippen molar-refractivity contribution in [1.29, 1.82) is 0 Å². The summed E-state index contributed by atoms with van der Waals surface area (Å²) in [5.74, 6) is -2.04. The van der Waals surface area contributed by atoms with Crippen molar-refractivity contribution in [2.75, 3.05) is 19.7 Å². The van der Waals surface area contributed by atoms with Gasteiger partial charge in [0.1, 0.15) is 12.1 Å². The molecule has 3 aliphatic carbocycles. The fourth-order valence-corrected chi connectivity index (χ4v) is 7.07. The predicted octanol–water partition coefficient (Wildman–Crippen LogP) is 2.55. The van der Waals surface area contributed by atoms with E-state index in [0.717, 1.165) is 24.0 Å². The number of likely N-dealkylation sites (tertiary alicyclic amines) is 1. The number of nitrogens with zero attached hydrogens (tertiary/aromatic N) is 1. The summed E-state index contributed by atoms with van der Waals surface area (Å²) in [4.78, 5) is 68.1. The molecule has 5 rings (SSSR count). The van der Waals surface area contributed by atoms with Crippen LogP contribution in [0.15, 0.2) is 36.9 Å². The summed E-state index contributed by atoms with van der Waals surface area (Å²) >= 11 is 0. The van der Waals surface area contributed by atoms with Crippen LogP contribution in [0.2, 0.25) is 0 Å². The van der Waals surface area contributed by atoms with Crippen LogP contribution in [0.1, 0.15) is 57.6 Å². The van der Waals surface area contributed by atoms with Crippen LogP contribution in [0, 0.1) is 29.1 Å². The third kappa shape index (κ3) is 6.48. The molecule has 2 saturated carbocycles. The van der Waals surface area contributed by atoms with E-state index in [-0.39, 0.29) is 35.6 Å². The standard InChI is InChI=1S/C33H44N4O6/c1-5-9-24(28(38)30(40)34-14-6-2)35-29(39)27-25-23(33(25,3)4)17-37(27)31(41)26(36-32(42)43-18-19-12-13-19)22-15-20-10-7-8-11-21(20)16-22/h6-8,10-11,19,22-27H,2,5,9,12-18H2,1,3-4H3,(H,34,40)(H,35,39)(H,36,42). The number of hydrogen-bond donors (Lipinski definition) is 3. The smallest absolute Gasteiger partial charge is 0.407 e. The van der Waals surface area contributed by atoms with Gasteiger partial charge < -0.3 is 25.6 Å². The predicted molar refractivity (Wildman–Crippen MR) is 160 cm³/mol. The van der Waals surface area contributed by atoms with Crippen molar-refractivity contribution in [1.82, 2.24) is 20.9 Å². The van der Waals surface area contributed by atoms with Gasteiger partial charge in [0.15, 0.2) is 0 Å². The molecule has 43 heavy (non-hydrogen) atoms. The van der Waals surface area contributed by atoms with Crippen molar-refractivity contribution in [2.45, 2.75) is 77.4 Å². The summed E-state index contributed by atoms with van der Waals surface area (Å²) in [6.45, 7) is 10.4. The van der Waals surface area contributed by atoms with Gasteiger partial charge in [-0.3, -0.25) is 19.2 Å². The zero-order chi connectivity index (χ0) is 30.9. The Bertz CT molecular complexity index is 1260. The molecule has 0 spiro atoms. The molecule has 1 saturated heterocycles. The number of alkyl carbamates (subject to hydrolysis) is 1. The molecular formula is C33H44N4O6. The second-order valence-corrected chi connectivity index (χ2v) is 13.2. The minimum atomic E-state index is -1.00. The Hall–Kier alpha value is -3.69. The van der Waals surface area contributed by atoms with Gasteiger partial charge >= 0.3 is 6.09 Å². The van der Waals surface area contributed by atoms with E-state index in [9.17, 15) is 24.0 Å². The molecule has 0 aromatic heterocycles. The Balaban J connectivity index is 1.35. The largest absolute Gasteiger partial charge is 0.449 e. The molecule has 3 N–H and O–H groups in total. The number of rotatable bonds is 13. The number of hydrogen-bond acceptors (Lipinski definition) is 6. The van der Waals surface area contributed by atoms with E-state index in [4.69, 9.17) is 4.74 Å². The highest BCUT2D eigenvalue weighted by Gasteiger charge is 2.69. The van der Waals surface area contributed by atoms with Gasteiger partial charge in [0, 0.05) is 13.1 Å². The molecule has 10 nitrogen and oxygen atoms in total. The molecule has 5 unspecified atom stereocenters. The summed E-state index contributed by atoms with van der Waals surface area (Å²) in [6, 6.07) is 5.34. The highest BCUT2D eigenvalue weighted by Crippen LogP contribution is 2.65. The van der Waals surface area contributed by atoms with Gasteiger partial charge in [0.05, 0.1) is 12.6 Å². The molecular weight excluding hydrogens is 548 g/mol. The lowest BCUT2D eigenvalue weighted by atomic mass is 9.93. The normalized spacial score (nSPS) is 24.6. The van der Waals surface area contributed by atoms with Gasteiger partial charge in [-0.15, -0.1) is 6.58 Å². The molecule has 3 fully saturated rings. The van der Waals surface area contributed by atoms with Crippen LogP contribution in [0.25, 0.3) is 0 Å². The molecule has 1 aromatic rings. The van der Waals surface area contributed by atoms with Gasteiger partial charge in [-0.2, -0.15) is 0 Å². The second kappa shape index (κ2) is 12.5. The SMILES string of the molecule is C=CCNC(=O)C(=O)C(CCC)NC(=O)C1C2C(CN1C(=O)C(NC(=O)OCC1CC1)C1Cc3ccccc3C1)C2(C)C. The molecule has 1 heterocycles. The van der Waals surface area contributed by atoms with E-state index >= 15 is 0 Å². The number of benzene rings is 1. The van der Waals surface area contributed by atoms with E-state index in [1.54, 1.807) is 4.90 Å². The molecule has 0 radical (unpaired) electrons. The first kappa shape index (κ1) is 30.8. The zero-order valence-electron chi connectivity index (χ0n) is 25.4. The number of carbonyl (C=O) groups is 5. The van der Waals surface area contributed by atoms with Crippen LogP contribution >= 0.6 is 0 Å². The average molecular weight is 593 g/mol. The maximum atomic E-state index is 14.4. The van der Waals surface area contributed by atoms with Crippen LogP contribution < -0.4 is 16.0 Å². The number of amides is 4. The number of ketones is 1. The van der Waals surface area contributed by atoms with Crippen molar-refractivity contribution in [3.63, 3.8) is 0 Å². The monoisotopic (exact) mass is 592 g/mol. The number of ether oxygens (including phenoxy) is 1. The summed E-state index contributed by atoms with van der Waals surface area (Å²) in [6.07, 6.45) is 5.06. The van der Waals surface area contributed by atoms with Crippen LogP contribution in [0.4, 0.5) is 4.79 Å². The van der Waals surface area contributed by atoms with Crippen LogP contribution in [-0.2, 0) is 36.8 Å². The minimum Gasteiger partial charge on any atom is -0.449 e. The summed E-state index contributed by atoms with van der Waals surface area (Å²) in [7, 11) is 0. The van der Waals surface area contributed by atoms with E-state index in [1.165, 1.54) is 6.08 Å². The summed E-state index contributed by atoms with van der Waals surface area (Å²) in [5.41, 5.74) is 2.14. The molecule has 4 amide bonds. The van der Waals surface area contributed by atoms with E-state index in [1.807, 2.05) is 31.2 Å². The zero-order valence-corrected chi connectivity index (χ0v) is 25.4. The molecule has 10 heteroatoms. The van der Waals surface area contributed by atoms with Crippen LogP contribution in [0.3, 0.4) is 0 Å². The molecule has 4 aliphatic rings. The topological polar surface area (TPSA) is 134 Å². The Kier molecular flexibility index (Phi) is 8.94. The maximum Gasteiger partial charge on any atom is 0.407 e. The molecule has 5 atom stereocenters. The third-order valence-corrected chi connectivity index (χ3v) is 9.84. The van der Waals surface area contributed by atoms with Gasteiger partial charge in [0.2, 0.25) is 17.6 Å². The Morgan fingerprint density at radius 2 is 1.77 bits per heavy atom. The average Bonchev–Trinajstić information content (AvgIpc) is 3.76. The minimum absolute atomic E-state index is 0.0911. The van der Waals surface area contributed by atoms with Gasteiger partial charge in [-0.1, -0.05) is 57.5 Å². The Morgan fingerprint density at radius 1 is 1.09 bits per heavy atom. The summed E-state index contributed by atoms with van der Waals surface area (Å²) in [5, 5.41) is 8.19. The number of Topliss-reactive ketones (excluding diaryl/α,β-unsaturated/α-hetero) is 1. The lowest BCUT2D eigenvalue weighted by Gasteiger charge is -2.35. The highest BCUT2D eigenvalue weighted by atomic mass is 16.5. The molecule has 1 aromatic carbocycles. The van der Waals surface area contributed by atoms with E-state index in [0.29, 0.717) is 44.8 Å². The fraction of sp³-hybridized carbons (Fsp3) is 0.606. The number of piperidine rings is 1. The highest BCUT2D eigenvalue weighted by molar-refractivity contribution is 6.38. The van der Waals surface area contributed by atoms with Crippen molar-refractivity contribution in [2.24, 2.45) is 29.1 Å². The van der Waals surface area contributed by atoms with Crippen molar-refractivity contribution in [3.05, 3.63) is 48.0 Å².